The maximum absolute atomic E-state index is 9.86. The molecule has 114 valence electrons. The first-order valence-electron chi connectivity index (χ1n) is 7.23. The number of hydrogen-bond donors (Lipinski definition) is 1. The lowest BCUT2D eigenvalue weighted by Gasteiger charge is -2.37. The summed E-state index contributed by atoms with van der Waals surface area (Å²) in [6, 6.07) is 7.57. The highest BCUT2D eigenvalue weighted by Gasteiger charge is 2.22. The van der Waals surface area contributed by atoms with Gasteiger partial charge in [-0.25, -0.2) is 0 Å². The van der Waals surface area contributed by atoms with Crippen LogP contribution in [0, 0.1) is 11.3 Å². The molecule has 1 aromatic rings. The number of aliphatic hydroxyl groups is 1. The number of β-amino-alcohol motifs (C(OH)–C–C–N with tert-alkyl or cyclic N) is 1. The smallest absolute Gasteiger partial charge is 0.0992 e. The largest absolute Gasteiger partial charge is 0.389 e. The first-order chi connectivity index (χ1) is 9.87. The van der Waals surface area contributed by atoms with Gasteiger partial charge in [0, 0.05) is 44.3 Å². The Hall–Kier alpha value is -1.12. The maximum atomic E-state index is 9.86. The van der Waals surface area contributed by atoms with Gasteiger partial charge in [-0.1, -0.05) is 17.7 Å². The Morgan fingerprint density at radius 3 is 2.38 bits per heavy atom. The molecule has 2 rings (SSSR count). The first kappa shape index (κ1) is 16.3. The van der Waals surface area contributed by atoms with Gasteiger partial charge in [-0.3, -0.25) is 9.80 Å². The van der Waals surface area contributed by atoms with E-state index in [1.54, 1.807) is 6.07 Å². The van der Waals surface area contributed by atoms with Crippen molar-refractivity contribution in [3.05, 3.63) is 34.3 Å². The third-order valence-corrected chi connectivity index (χ3v) is 4.00. The first-order valence-corrected chi connectivity index (χ1v) is 7.61. The molecule has 1 aliphatic rings. The van der Waals surface area contributed by atoms with Gasteiger partial charge in [0.2, 0.25) is 0 Å². The summed E-state index contributed by atoms with van der Waals surface area (Å²) in [6.07, 6.45) is 0. The average molecular weight is 308 g/mol. The second-order valence-corrected chi connectivity index (χ2v) is 6.69. The molecule has 1 aromatic carbocycles. The summed E-state index contributed by atoms with van der Waals surface area (Å²) < 4.78 is 0. The second kappa shape index (κ2) is 6.76. The third-order valence-electron chi connectivity index (χ3n) is 3.65. The van der Waals surface area contributed by atoms with Crippen molar-refractivity contribution in [1.82, 2.24) is 9.80 Å². The van der Waals surface area contributed by atoms with Crippen LogP contribution in [0.3, 0.4) is 0 Å². The molecule has 1 heterocycles. The fourth-order valence-electron chi connectivity index (χ4n) is 2.64. The number of nitriles is 1. The van der Waals surface area contributed by atoms with Gasteiger partial charge in [0.1, 0.15) is 0 Å². The van der Waals surface area contributed by atoms with Crippen molar-refractivity contribution < 1.29 is 5.11 Å². The van der Waals surface area contributed by atoms with Gasteiger partial charge in [0.15, 0.2) is 0 Å². The molecule has 0 aliphatic carbocycles. The van der Waals surface area contributed by atoms with Gasteiger partial charge in [-0.05, 0) is 31.5 Å². The van der Waals surface area contributed by atoms with E-state index in [9.17, 15) is 5.11 Å². The van der Waals surface area contributed by atoms with Gasteiger partial charge in [-0.15, -0.1) is 0 Å². The zero-order valence-electron chi connectivity index (χ0n) is 12.6. The molecule has 0 aromatic heterocycles. The summed E-state index contributed by atoms with van der Waals surface area (Å²) in [5.74, 6) is 0. The number of piperazine rings is 1. The highest BCUT2D eigenvalue weighted by Crippen LogP contribution is 2.20. The minimum absolute atomic E-state index is 0.596. The van der Waals surface area contributed by atoms with E-state index < -0.39 is 5.60 Å². The Morgan fingerprint density at radius 1 is 1.24 bits per heavy atom. The number of halogens is 1. The Bertz CT molecular complexity index is 525. The summed E-state index contributed by atoms with van der Waals surface area (Å²) in [5, 5.41) is 19.4. The lowest BCUT2D eigenvalue weighted by molar-refractivity contribution is 0.0167. The predicted octanol–water partition coefficient (Wildman–Crippen LogP) is 2.10. The molecule has 1 fully saturated rings. The van der Waals surface area contributed by atoms with E-state index in [4.69, 9.17) is 16.9 Å². The zero-order chi connectivity index (χ0) is 15.5. The van der Waals surface area contributed by atoms with Crippen LogP contribution in [-0.4, -0.2) is 53.2 Å². The topological polar surface area (TPSA) is 50.5 Å². The van der Waals surface area contributed by atoms with E-state index in [0.29, 0.717) is 17.1 Å². The molecule has 0 atom stereocenters. The number of benzene rings is 1. The monoisotopic (exact) mass is 307 g/mol. The van der Waals surface area contributed by atoms with E-state index >= 15 is 0 Å². The highest BCUT2D eigenvalue weighted by molar-refractivity contribution is 6.31. The molecule has 5 heteroatoms. The molecule has 0 saturated carbocycles. The van der Waals surface area contributed by atoms with Crippen LogP contribution in [0.5, 0.6) is 0 Å². The highest BCUT2D eigenvalue weighted by atomic mass is 35.5. The number of hydrogen-bond acceptors (Lipinski definition) is 4. The summed E-state index contributed by atoms with van der Waals surface area (Å²) in [6.45, 7) is 9.04. The van der Waals surface area contributed by atoms with E-state index in [2.05, 4.69) is 15.9 Å². The minimum atomic E-state index is -0.640. The molecule has 0 bridgehead atoms. The molecule has 0 spiro atoms. The summed E-state index contributed by atoms with van der Waals surface area (Å²) >= 11 is 6.22. The van der Waals surface area contributed by atoms with Gasteiger partial charge in [0.25, 0.3) is 0 Å². The minimum Gasteiger partial charge on any atom is -0.389 e. The van der Waals surface area contributed by atoms with Crippen molar-refractivity contribution in [2.24, 2.45) is 0 Å². The lowest BCUT2D eigenvalue weighted by Crippen LogP contribution is -2.50. The summed E-state index contributed by atoms with van der Waals surface area (Å²) in [5.41, 5.74) is 1.02. The standard InChI is InChI=1S/C16H22ClN3O/c1-16(2,21)12-20-7-5-19(6-8-20)11-14-4-3-13(10-18)9-15(14)17/h3-4,9,21H,5-8,11-12H2,1-2H3. The van der Waals surface area contributed by atoms with Crippen molar-refractivity contribution in [2.45, 2.75) is 26.0 Å². The van der Waals surface area contributed by atoms with Gasteiger partial charge in [-0.2, -0.15) is 5.26 Å². The fourth-order valence-corrected chi connectivity index (χ4v) is 2.88. The normalized spacial score (nSPS) is 17.7. The van der Waals surface area contributed by atoms with E-state index in [1.807, 2.05) is 26.0 Å². The molecule has 0 amide bonds. The van der Waals surface area contributed by atoms with E-state index in [-0.39, 0.29) is 0 Å². The molecule has 1 N–H and O–H groups in total. The summed E-state index contributed by atoms with van der Waals surface area (Å²) in [4.78, 5) is 4.64. The SMILES string of the molecule is CC(C)(O)CN1CCN(Cc2ccc(C#N)cc2Cl)CC1. The van der Waals surface area contributed by atoms with Gasteiger partial charge >= 0.3 is 0 Å². The Labute approximate surface area is 131 Å². The number of nitrogens with zero attached hydrogens (tertiary/aromatic N) is 3. The molecule has 1 saturated heterocycles. The van der Waals surface area contributed by atoms with Crippen LogP contribution in [0.25, 0.3) is 0 Å². The third kappa shape index (κ3) is 4.98. The predicted molar refractivity (Wildman–Crippen MR) is 84.2 cm³/mol. The van der Waals surface area contributed by atoms with E-state index in [1.165, 1.54) is 0 Å². The van der Waals surface area contributed by atoms with Gasteiger partial charge in [0.05, 0.1) is 17.2 Å². The van der Waals surface area contributed by atoms with Crippen LogP contribution < -0.4 is 0 Å². The van der Waals surface area contributed by atoms with Crippen LogP contribution >= 0.6 is 11.6 Å². The van der Waals surface area contributed by atoms with Crippen LogP contribution in [0.15, 0.2) is 18.2 Å². The van der Waals surface area contributed by atoms with Crippen LogP contribution in [0.2, 0.25) is 5.02 Å². The Morgan fingerprint density at radius 2 is 1.86 bits per heavy atom. The molecule has 1 aliphatic heterocycles. The molecule has 0 radical (unpaired) electrons. The molecule has 21 heavy (non-hydrogen) atoms. The molecule has 4 nitrogen and oxygen atoms in total. The van der Waals surface area contributed by atoms with Crippen LogP contribution in [0.4, 0.5) is 0 Å². The molecular weight excluding hydrogens is 286 g/mol. The van der Waals surface area contributed by atoms with Gasteiger partial charge < -0.3 is 5.11 Å². The zero-order valence-corrected chi connectivity index (χ0v) is 13.4. The van der Waals surface area contributed by atoms with Crippen molar-refractivity contribution >= 4 is 11.6 Å². The van der Waals surface area contributed by atoms with Crippen molar-refractivity contribution in [1.29, 1.82) is 5.26 Å². The molecular formula is C16H22ClN3O. The maximum Gasteiger partial charge on any atom is 0.0992 e. The Kier molecular flexibility index (Phi) is 5.23. The average Bonchev–Trinajstić information content (AvgIpc) is 2.41. The Balaban J connectivity index is 1.88. The fraction of sp³-hybridized carbons (Fsp3) is 0.562. The second-order valence-electron chi connectivity index (χ2n) is 6.28. The molecule has 0 unspecified atom stereocenters. The van der Waals surface area contributed by atoms with Crippen molar-refractivity contribution in [3.63, 3.8) is 0 Å². The quantitative estimate of drug-likeness (QED) is 0.925. The van der Waals surface area contributed by atoms with Crippen molar-refractivity contribution in [2.75, 3.05) is 32.7 Å². The number of rotatable bonds is 4. The van der Waals surface area contributed by atoms with E-state index in [0.717, 1.165) is 38.3 Å². The van der Waals surface area contributed by atoms with Crippen molar-refractivity contribution in [3.8, 4) is 6.07 Å². The van der Waals surface area contributed by atoms with Crippen LogP contribution in [0.1, 0.15) is 25.0 Å². The summed E-state index contributed by atoms with van der Waals surface area (Å²) in [7, 11) is 0. The van der Waals surface area contributed by atoms with Crippen LogP contribution in [-0.2, 0) is 6.54 Å². The lowest BCUT2D eigenvalue weighted by atomic mass is 10.1.